The fourth-order valence-electron chi connectivity index (χ4n) is 2.55. The summed E-state index contributed by atoms with van der Waals surface area (Å²) in [6.45, 7) is 3.75. The number of carbonyl (C=O) groups is 2. The first-order chi connectivity index (χ1) is 10.2. The standard InChI is InChI=1S/C14H22N4O3/c1-2-21-14(20)12-5-3-4-7-18(12)13(19)11-9-17(8-6-15)10-16-11/h9-10,12H,2-8,15H2,1H3. The van der Waals surface area contributed by atoms with Gasteiger partial charge in [-0.25, -0.2) is 9.78 Å². The van der Waals surface area contributed by atoms with Crippen molar-refractivity contribution in [3.8, 4) is 0 Å². The molecular formula is C14H22N4O3. The number of rotatable bonds is 5. The number of nitrogens with two attached hydrogens (primary N) is 1. The quantitative estimate of drug-likeness (QED) is 0.794. The molecule has 0 aromatic carbocycles. The highest BCUT2D eigenvalue weighted by molar-refractivity contribution is 5.95. The van der Waals surface area contributed by atoms with Crippen molar-refractivity contribution >= 4 is 11.9 Å². The van der Waals surface area contributed by atoms with E-state index < -0.39 is 6.04 Å². The number of aromatic nitrogens is 2. The summed E-state index contributed by atoms with van der Waals surface area (Å²) >= 11 is 0. The molecule has 21 heavy (non-hydrogen) atoms. The van der Waals surface area contributed by atoms with Gasteiger partial charge in [0.2, 0.25) is 0 Å². The zero-order valence-electron chi connectivity index (χ0n) is 12.3. The van der Waals surface area contributed by atoms with Gasteiger partial charge in [-0.05, 0) is 26.2 Å². The van der Waals surface area contributed by atoms with Crippen LogP contribution in [0.15, 0.2) is 12.5 Å². The lowest BCUT2D eigenvalue weighted by molar-refractivity contribution is -0.149. The van der Waals surface area contributed by atoms with E-state index in [1.54, 1.807) is 28.9 Å². The van der Waals surface area contributed by atoms with Crippen molar-refractivity contribution in [2.75, 3.05) is 19.7 Å². The van der Waals surface area contributed by atoms with Gasteiger partial charge in [0.1, 0.15) is 11.7 Å². The molecule has 1 atom stereocenters. The third-order valence-electron chi connectivity index (χ3n) is 3.56. The van der Waals surface area contributed by atoms with E-state index in [-0.39, 0.29) is 11.9 Å². The van der Waals surface area contributed by atoms with Crippen LogP contribution in [0.1, 0.15) is 36.7 Å². The SMILES string of the molecule is CCOC(=O)C1CCCCN1C(=O)c1cn(CCN)cn1. The minimum absolute atomic E-state index is 0.219. The molecule has 7 nitrogen and oxygen atoms in total. The smallest absolute Gasteiger partial charge is 0.328 e. The Morgan fingerprint density at radius 3 is 3.00 bits per heavy atom. The number of hydrogen-bond acceptors (Lipinski definition) is 5. The summed E-state index contributed by atoms with van der Waals surface area (Å²) in [7, 11) is 0. The predicted molar refractivity (Wildman–Crippen MR) is 76.6 cm³/mol. The molecule has 1 aromatic rings. The second-order valence-corrected chi connectivity index (χ2v) is 5.05. The topological polar surface area (TPSA) is 90.5 Å². The van der Waals surface area contributed by atoms with Crippen molar-refractivity contribution in [3.63, 3.8) is 0 Å². The minimum Gasteiger partial charge on any atom is -0.464 e. The molecule has 0 saturated carbocycles. The maximum atomic E-state index is 12.5. The van der Waals surface area contributed by atoms with Gasteiger partial charge in [0, 0.05) is 25.8 Å². The van der Waals surface area contributed by atoms with Crippen LogP contribution in [-0.2, 0) is 16.1 Å². The first-order valence-electron chi connectivity index (χ1n) is 7.36. The zero-order valence-corrected chi connectivity index (χ0v) is 12.3. The van der Waals surface area contributed by atoms with Crippen LogP contribution in [0.25, 0.3) is 0 Å². The summed E-state index contributed by atoms with van der Waals surface area (Å²) in [6.07, 6.45) is 5.73. The second-order valence-electron chi connectivity index (χ2n) is 5.05. The first-order valence-corrected chi connectivity index (χ1v) is 7.36. The maximum absolute atomic E-state index is 12.5. The van der Waals surface area contributed by atoms with E-state index in [0.29, 0.717) is 38.4 Å². The van der Waals surface area contributed by atoms with E-state index in [1.165, 1.54) is 0 Å². The summed E-state index contributed by atoms with van der Waals surface area (Å²) < 4.78 is 6.84. The molecule has 0 radical (unpaired) electrons. The first kappa shape index (κ1) is 15.5. The van der Waals surface area contributed by atoms with E-state index in [1.807, 2.05) is 0 Å². The monoisotopic (exact) mass is 294 g/mol. The number of esters is 1. The van der Waals surface area contributed by atoms with Crippen molar-refractivity contribution < 1.29 is 14.3 Å². The van der Waals surface area contributed by atoms with Crippen LogP contribution < -0.4 is 5.73 Å². The third kappa shape index (κ3) is 3.60. The molecule has 1 aromatic heterocycles. The van der Waals surface area contributed by atoms with E-state index >= 15 is 0 Å². The summed E-state index contributed by atoms with van der Waals surface area (Å²) in [5.74, 6) is -0.546. The van der Waals surface area contributed by atoms with Gasteiger partial charge in [-0.3, -0.25) is 4.79 Å². The molecule has 1 unspecified atom stereocenters. The Labute approximate surface area is 124 Å². The van der Waals surface area contributed by atoms with E-state index in [9.17, 15) is 9.59 Å². The highest BCUT2D eigenvalue weighted by Gasteiger charge is 2.34. The normalized spacial score (nSPS) is 18.6. The van der Waals surface area contributed by atoms with Gasteiger partial charge in [0.05, 0.1) is 12.9 Å². The molecule has 0 aliphatic carbocycles. The molecule has 2 N–H and O–H groups in total. The Hall–Kier alpha value is -1.89. The van der Waals surface area contributed by atoms with Crippen LogP contribution >= 0.6 is 0 Å². The van der Waals surface area contributed by atoms with E-state index in [2.05, 4.69) is 4.98 Å². The Balaban J connectivity index is 2.12. The Morgan fingerprint density at radius 1 is 1.48 bits per heavy atom. The van der Waals surface area contributed by atoms with E-state index in [4.69, 9.17) is 10.5 Å². The molecule has 0 spiro atoms. The van der Waals surface area contributed by atoms with Crippen LogP contribution in [-0.4, -0.2) is 52.1 Å². The van der Waals surface area contributed by atoms with Crippen LogP contribution in [0.4, 0.5) is 0 Å². The Kier molecular flexibility index (Phi) is 5.32. The number of piperidine rings is 1. The van der Waals surface area contributed by atoms with Crippen LogP contribution in [0, 0.1) is 0 Å². The zero-order chi connectivity index (χ0) is 15.2. The molecule has 0 bridgehead atoms. The molecular weight excluding hydrogens is 272 g/mol. The van der Waals surface area contributed by atoms with Crippen LogP contribution in [0.2, 0.25) is 0 Å². The van der Waals surface area contributed by atoms with Crippen molar-refractivity contribution in [3.05, 3.63) is 18.2 Å². The summed E-state index contributed by atoms with van der Waals surface area (Å²) in [5.41, 5.74) is 5.83. The van der Waals surface area contributed by atoms with Crippen molar-refractivity contribution in [1.29, 1.82) is 0 Å². The lowest BCUT2D eigenvalue weighted by Gasteiger charge is -2.33. The van der Waals surface area contributed by atoms with Gasteiger partial charge in [0.25, 0.3) is 5.91 Å². The predicted octanol–water partition coefficient (Wildman–Crippen LogP) is 0.400. The van der Waals surface area contributed by atoms with Crippen LogP contribution in [0.3, 0.4) is 0 Å². The van der Waals surface area contributed by atoms with Gasteiger partial charge in [-0.1, -0.05) is 0 Å². The molecule has 2 heterocycles. The number of imidazole rings is 1. The van der Waals surface area contributed by atoms with E-state index in [0.717, 1.165) is 12.8 Å². The number of likely N-dealkylation sites (tertiary alicyclic amines) is 1. The van der Waals surface area contributed by atoms with Crippen LogP contribution in [0.5, 0.6) is 0 Å². The third-order valence-corrected chi connectivity index (χ3v) is 3.56. The largest absolute Gasteiger partial charge is 0.464 e. The van der Waals surface area contributed by atoms with Crippen molar-refractivity contribution in [2.45, 2.75) is 38.8 Å². The van der Waals surface area contributed by atoms with Crippen molar-refractivity contribution in [1.82, 2.24) is 14.5 Å². The van der Waals surface area contributed by atoms with Crippen molar-refractivity contribution in [2.24, 2.45) is 5.73 Å². The molecule has 1 aliphatic heterocycles. The number of hydrogen-bond donors (Lipinski definition) is 1. The molecule has 2 rings (SSSR count). The minimum atomic E-state index is -0.495. The fourth-order valence-corrected chi connectivity index (χ4v) is 2.55. The summed E-state index contributed by atoms with van der Waals surface area (Å²) in [6, 6.07) is -0.495. The van der Waals surface area contributed by atoms with Gasteiger partial charge in [-0.15, -0.1) is 0 Å². The number of carbonyl (C=O) groups excluding carboxylic acids is 2. The van der Waals surface area contributed by atoms with Gasteiger partial charge in [0.15, 0.2) is 0 Å². The lowest BCUT2D eigenvalue weighted by Crippen LogP contribution is -2.48. The average molecular weight is 294 g/mol. The van der Waals surface area contributed by atoms with Gasteiger partial charge >= 0.3 is 5.97 Å². The Morgan fingerprint density at radius 2 is 2.29 bits per heavy atom. The number of ether oxygens (including phenoxy) is 1. The highest BCUT2D eigenvalue weighted by Crippen LogP contribution is 2.20. The molecule has 1 fully saturated rings. The molecule has 1 aliphatic rings. The highest BCUT2D eigenvalue weighted by atomic mass is 16.5. The fraction of sp³-hybridized carbons (Fsp3) is 0.643. The molecule has 1 amide bonds. The number of nitrogens with zero attached hydrogens (tertiary/aromatic N) is 3. The Bertz CT molecular complexity index is 500. The number of amides is 1. The summed E-state index contributed by atoms with van der Waals surface area (Å²) in [4.78, 5) is 30.2. The maximum Gasteiger partial charge on any atom is 0.328 e. The average Bonchev–Trinajstić information content (AvgIpc) is 2.96. The molecule has 7 heteroatoms. The molecule has 116 valence electrons. The van der Waals surface area contributed by atoms with Gasteiger partial charge in [-0.2, -0.15) is 0 Å². The second kappa shape index (κ2) is 7.21. The lowest BCUT2D eigenvalue weighted by atomic mass is 10.0. The van der Waals surface area contributed by atoms with Gasteiger partial charge < -0.3 is 19.9 Å². The molecule has 1 saturated heterocycles. The summed E-state index contributed by atoms with van der Waals surface area (Å²) in [5, 5.41) is 0.